The van der Waals surface area contributed by atoms with Gasteiger partial charge in [-0.2, -0.15) is 0 Å². The largest absolute Gasteiger partial charge is 0.508 e. The Hall–Kier alpha value is -1.71. The van der Waals surface area contributed by atoms with Gasteiger partial charge in [0.05, 0.1) is 0 Å². The van der Waals surface area contributed by atoms with Gasteiger partial charge in [-0.1, -0.05) is 12.1 Å². The minimum atomic E-state index is -0.0143. The van der Waals surface area contributed by atoms with Crippen LogP contribution in [0.5, 0.6) is 5.75 Å². The molecule has 1 aliphatic rings. The molecule has 0 aromatic heterocycles. The molecule has 0 saturated heterocycles. The second-order valence-corrected chi connectivity index (χ2v) is 5.34. The highest BCUT2D eigenvalue weighted by atomic mass is 16.3. The van der Waals surface area contributed by atoms with Crippen molar-refractivity contribution in [3.63, 3.8) is 0 Å². The van der Waals surface area contributed by atoms with E-state index in [1.807, 2.05) is 19.2 Å². The Morgan fingerprint density at radius 2 is 2.26 bits per heavy atom. The third kappa shape index (κ3) is 3.88. The van der Waals surface area contributed by atoms with E-state index in [1.165, 1.54) is 12.8 Å². The Morgan fingerprint density at radius 1 is 1.53 bits per heavy atom. The molecule has 1 saturated carbocycles. The highest BCUT2D eigenvalue weighted by Gasteiger charge is 2.32. The van der Waals surface area contributed by atoms with E-state index in [0.717, 1.165) is 12.0 Å². The van der Waals surface area contributed by atoms with Gasteiger partial charge in [0.2, 0.25) is 0 Å². The lowest BCUT2D eigenvalue weighted by Crippen LogP contribution is -2.43. The molecular weight excluding hydrogens is 240 g/mol. The molecule has 19 heavy (non-hydrogen) atoms. The van der Waals surface area contributed by atoms with Crippen molar-refractivity contribution >= 4 is 6.03 Å². The first-order valence-electron chi connectivity index (χ1n) is 6.86. The van der Waals surface area contributed by atoms with Crippen molar-refractivity contribution in [1.29, 1.82) is 0 Å². The molecule has 1 aromatic rings. The van der Waals surface area contributed by atoms with E-state index >= 15 is 0 Å². The van der Waals surface area contributed by atoms with Crippen LogP contribution in [0, 0.1) is 5.92 Å². The zero-order valence-electron chi connectivity index (χ0n) is 11.6. The Bertz CT molecular complexity index is 444. The van der Waals surface area contributed by atoms with Crippen LogP contribution in [0.15, 0.2) is 24.3 Å². The molecule has 2 amide bonds. The van der Waals surface area contributed by atoms with Crippen LogP contribution in [0.3, 0.4) is 0 Å². The fourth-order valence-corrected chi connectivity index (χ4v) is 2.23. The quantitative estimate of drug-likeness (QED) is 0.856. The standard InChI is InChI=1S/C15H22N2O2/c1-11(13-6-7-13)17(2)15(19)16-9-8-12-4-3-5-14(18)10-12/h3-5,10-11,13,18H,6-9H2,1-2H3,(H,16,19). The monoisotopic (exact) mass is 262 g/mol. The fourth-order valence-electron chi connectivity index (χ4n) is 2.23. The molecule has 0 radical (unpaired) electrons. The smallest absolute Gasteiger partial charge is 0.317 e. The van der Waals surface area contributed by atoms with E-state index in [2.05, 4.69) is 12.2 Å². The molecule has 0 heterocycles. The number of hydrogen-bond donors (Lipinski definition) is 2. The van der Waals surface area contributed by atoms with E-state index < -0.39 is 0 Å². The predicted molar refractivity (Wildman–Crippen MR) is 75.2 cm³/mol. The van der Waals surface area contributed by atoms with Crippen LogP contribution in [0.4, 0.5) is 4.79 Å². The molecular formula is C15H22N2O2. The second kappa shape index (κ2) is 5.95. The van der Waals surface area contributed by atoms with Crippen molar-refractivity contribution < 1.29 is 9.90 Å². The number of phenols is 1. The molecule has 0 aliphatic heterocycles. The van der Waals surface area contributed by atoms with Gasteiger partial charge in [0, 0.05) is 19.6 Å². The van der Waals surface area contributed by atoms with Crippen LogP contribution in [-0.4, -0.2) is 35.7 Å². The molecule has 1 fully saturated rings. The summed E-state index contributed by atoms with van der Waals surface area (Å²) in [4.78, 5) is 13.7. The minimum absolute atomic E-state index is 0.0143. The maximum Gasteiger partial charge on any atom is 0.317 e. The summed E-state index contributed by atoms with van der Waals surface area (Å²) in [5.74, 6) is 0.949. The molecule has 4 nitrogen and oxygen atoms in total. The number of phenolic OH excluding ortho intramolecular Hbond substituents is 1. The van der Waals surface area contributed by atoms with Crippen LogP contribution < -0.4 is 5.32 Å². The average molecular weight is 262 g/mol. The molecule has 0 spiro atoms. The number of amides is 2. The lowest BCUT2D eigenvalue weighted by atomic mass is 10.1. The fraction of sp³-hybridized carbons (Fsp3) is 0.533. The van der Waals surface area contributed by atoms with E-state index in [4.69, 9.17) is 0 Å². The number of aromatic hydroxyl groups is 1. The van der Waals surface area contributed by atoms with E-state index in [-0.39, 0.29) is 11.8 Å². The molecule has 2 N–H and O–H groups in total. The van der Waals surface area contributed by atoms with Crippen molar-refractivity contribution in [1.82, 2.24) is 10.2 Å². The lowest BCUT2D eigenvalue weighted by molar-refractivity contribution is 0.188. The zero-order chi connectivity index (χ0) is 13.8. The van der Waals surface area contributed by atoms with E-state index in [1.54, 1.807) is 17.0 Å². The van der Waals surface area contributed by atoms with Gasteiger partial charge in [-0.05, 0) is 49.8 Å². The number of rotatable bonds is 5. The summed E-state index contributed by atoms with van der Waals surface area (Å²) in [6.45, 7) is 2.69. The number of hydrogen-bond acceptors (Lipinski definition) is 2. The Balaban J connectivity index is 1.74. The highest BCUT2D eigenvalue weighted by Crippen LogP contribution is 2.34. The number of benzene rings is 1. The summed E-state index contributed by atoms with van der Waals surface area (Å²) in [6, 6.07) is 7.44. The maximum atomic E-state index is 11.9. The Labute approximate surface area is 114 Å². The number of nitrogens with one attached hydrogen (secondary N) is 1. The van der Waals surface area contributed by atoms with Crippen molar-refractivity contribution in [3.05, 3.63) is 29.8 Å². The molecule has 1 atom stereocenters. The van der Waals surface area contributed by atoms with Crippen LogP contribution in [0.2, 0.25) is 0 Å². The number of nitrogens with zero attached hydrogens (tertiary/aromatic N) is 1. The first kappa shape index (κ1) is 13.7. The lowest BCUT2D eigenvalue weighted by Gasteiger charge is -2.25. The predicted octanol–water partition coefficient (Wildman–Crippen LogP) is 2.37. The molecule has 1 aromatic carbocycles. The maximum absolute atomic E-state index is 11.9. The number of urea groups is 1. The zero-order valence-corrected chi connectivity index (χ0v) is 11.6. The average Bonchev–Trinajstić information content (AvgIpc) is 3.21. The first-order valence-corrected chi connectivity index (χ1v) is 6.86. The Kier molecular flexibility index (Phi) is 4.30. The molecule has 4 heteroatoms. The van der Waals surface area contributed by atoms with E-state index in [9.17, 15) is 9.90 Å². The van der Waals surface area contributed by atoms with Gasteiger partial charge in [0.1, 0.15) is 5.75 Å². The summed E-state index contributed by atoms with van der Waals surface area (Å²) in [5.41, 5.74) is 1.03. The summed E-state index contributed by atoms with van der Waals surface area (Å²) < 4.78 is 0. The van der Waals surface area contributed by atoms with Crippen molar-refractivity contribution in [2.24, 2.45) is 5.92 Å². The number of carbonyl (C=O) groups is 1. The summed E-state index contributed by atoms with van der Waals surface area (Å²) >= 11 is 0. The van der Waals surface area contributed by atoms with Gasteiger partial charge in [-0.3, -0.25) is 0 Å². The molecule has 104 valence electrons. The summed E-state index contributed by atoms with van der Waals surface area (Å²) in [6.07, 6.45) is 3.20. The van der Waals surface area contributed by atoms with Gasteiger partial charge in [-0.25, -0.2) is 4.79 Å². The molecule has 1 aliphatic carbocycles. The van der Waals surface area contributed by atoms with Gasteiger partial charge < -0.3 is 15.3 Å². The van der Waals surface area contributed by atoms with Crippen LogP contribution in [0.25, 0.3) is 0 Å². The summed E-state index contributed by atoms with van der Waals surface area (Å²) in [7, 11) is 1.85. The van der Waals surface area contributed by atoms with Crippen LogP contribution >= 0.6 is 0 Å². The van der Waals surface area contributed by atoms with Crippen LogP contribution in [-0.2, 0) is 6.42 Å². The van der Waals surface area contributed by atoms with Gasteiger partial charge in [0.15, 0.2) is 0 Å². The third-order valence-corrected chi connectivity index (χ3v) is 3.84. The highest BCUT2D eigenvalue weighted by molar-refractivity contribution is 5.74. The van der Waals surface area contributed by atoms with Crippen LogP contribution in [0.1, 0.15) is 25.3 Å². The van der Waals surface area contributed by atoms with Crippen molar-refractivity contribution in [2.75, 3.05) is 13.6 Å². The molecule has 0 bridgehead atoms. The molecule has 2 rings (SSSR count). The summed E-state index contributed by atoms with van der Waals surface area (Å²) in [5, 5.41) is 12.3. The molecule has 1 unspecified atom stereocenters. The Morgan fingerprint density at radius 3 is 2.89 bits per heavy atom. The van der Waals surface area contributed by atoms with E-state index in [0.29, 0.717) is 18.5 Å². The SMILES string of the molecule is CC(C1CC1)N(C)C(=O)NCCc1cccc(O)c1. The van der Waals surface area contributed by atoms with Gasteiger partial charge in [-0.15, -0.1) is 0 Å². The normalized spacial score (nSPS) is 15.9. The number of carbonyl (C=O) groups excluding carboxylic acids is 1. The third-order valence-electron chi connectivity index (χ3n) is 3.84. The topological polar surface area (TPSA) is 52.6 Å². The minimum Gasteiger partial charge on any atom is -0.508 e. The van der Waals surface area contributed by atoms with Gasteiger partial charge in [0.25, 0.3) is 0 Å². The first-order chi connectivity index (χ1) is 9.08. The second-order valence-electron chi connectivity index (χ2n) is 5.34. The van der Waals surface area contributed by atoms with Gasteiger partial charge >= 0.3 is 6.03 Å². The van der Waals surface area contributed by atoms with Crippen molar-refractivity contribution in [2.45, 2.75) is 32.2 Å². The van der Waals surface area contributed by atoms with Crippen molar-refractivity contribution in [3.8, 4) is 5.75 Å².